The van der Waals surface area contributed by atoms with Crippen LogP contribution in [-0.4, -0.2) is 46.5 Å². The van der Waals surface area contributed by atoms with Gasteiger partial charge in [0.25, 0.3) is 0 Å². The predicted molar refractivity (Wildman–Crippen MR) is 72.4 cm³/mol. The van der Waals surface area contributed by atoms with Gasteiger partial charge in [-0.25, -0.2) is 4.98 Å². The number of nitrogens with zero attached hydrogens (tertiary/aromatic N) is 2. The van der Waals surface area contributed by atoms with Crippen LogP contribution in [0.25, 0.3) is 0 Å². The molecule has 0 unspecified atom stereocenters. The van der Waals surface area contributed by atoms with Crippen molar-refractivity contribution in [1.82, 2.24) is 9.88 Å². The average Bonchev–Trinajstić information content (AvgIpc) is 2.84. The number of hydrogen-bond acceptors (Lipinski definition) is 5. The second kappa shape index (κ2) is 6.51. The van der Waals surface area contributed by atoms with Crippen molar-refractivity contribution in [1.29, 1.82) is 0 Å². The van der Waals surface area contributed by atoms with E-state index in [0.29, 0.717) is 10.8 Å². The van der Waals surface area contributed by atoms with Crippen LogP contribution in [0.5, 0.6) is 0 Å². The molecule has 6 nitrogen and oxygen atoms in total. The molecule has 0 aliphatic carbocycles. The van der Waals surface area contributed by atoms with Gasteiger partial charge in [0.05, 0.1) is 18.7 Å². The number of aliphatic carboxylic acids is 1. The number of nitrogens with one attached hydrogen (secondary N) is 1. The van der Waals surface area contributed by atoms with Gasteiger partial charge in [-0.05, 0) is 19.3 Å². The molecule has 2 rings (SSSR count). The van der Waals surface area contributed by atoms with Gasteiger partial charge < -0.3 is 15.3 Å². The lowest BCUT2D eigenvalue weighted by Crippen LogP contribution is -2.39. The number of rotatable bonds is 5. The lowest BCUT2D eigenvalue weighted by molar-refractivity contribution is -0.136. The van der Waals surface area contributed by atoms with Gasteiger partial charge in [-0.1, -0.05) is 0 Å². The van der Waals surface area contributed by atoms with Crippen molar-refractivity contribution in [3.63, 3.8) is 0 Å². The summed E-state index contributed by atoms with van der Waals surface area (Å²) >= 11 is 1.32. The molecule has 104 valence electrons. The van der Waals surface area contributed by atoms with E-state index in [-0.39, 0.29) is 18.9 Å². The van der Waals surface area contributed by atoms with E-state index >= 15 is 0 Å². The molecule has 1 saturated heterocycles. The first-order valence-corrected chi connectivity index (χ1v) is 7.21. The molecule has 0 aromatic carbocycles. The minimum Gasteiger partial charge on any atom is -0.481 e. The van der Waals surface area contributed by atoms with Crippen molar-refractivity contribution in [2.45, 2.75) is 25.7 Å². The fourth-order valence-electron chi connectivity index (χ4n) is 2.03. The van der Waals surface area contributed by atoms with Gasteiger partial charge in [0.2, 0.25) is 5.91 Å². The van der Waals surface area contributed by atoms with Crippen molar-refractivity contribution in [3.8, 4) is 0 Å². The maximum absolute atomic E-state index is 11.9. The summed E-state index contributed by atoms with van der Waals surface area (Å²) in [6.07, 6.45) is 3.26. The Morgan fingerprint density at radius 2 is 2.11 bits per heavy atom. The Bertz CT molecular complexity index is 455. The largest absolute Gasteiger partial charge is 0.481 e. The Kier molecular flexibility index (Phi) is 4.73. The molecule has 2 heterocycles. The lowest BCUT2D eigenvalue weighted by atomic mass is 10.1. The van der Waals surface area contributed by atoms with E-state index in [9.17, 15) is 9.59 Å². The summed E-state index contributed by atoms with van der Waals surface area (Å²) in [5.74, 6) is -0.823. The fourth-order valence-corrected chi connectivity index (χ4v) is 2.74. The van der Waals surface area contributed by atoms with Crippen LogP contribution in [0.15, 0.2) is 5.38 Å². The summed E-state index contributed by atoms with van der Waals surface area (Å²) < 4.78 is 0. The molecule has 1 aliphatic rings. The summed E-state index contributed by atoms with van der Waals surface area (Å²) in [6.45, 7) is 1.89. The molecular formula is C12H17N3O3S. The number of piperidine rings is 1. The van der Waals surface area contributed by atoms with Crippen LogP contribution in [0.4, 0.5) is 5.13 Å². The van der Waals surface area contributed by atoms with Crippen LogP contribution in [-0.2, 0) is 16.0 Å². The topological polar surface area (TPSA) is 82.5 Å². The first-order chi connectivity index (χ1) is 9.15. The van der Waals surface area contributed by atoms with Crippen LogP contribution in [0.3, 0.4) is 0 Å². The first-order valence-electron chi connectivity index (χ1n) is 6.33. The van der Waals surface area contributed by atoms with Crippen LogP contribution in [0.2, 0.25) is 0 Å². The molecule has 0 atom stereocenters. The second-order valence-electron chi connectivity index (χ2n) is 4.51. The number of likely N-dealkylation sites (tertiary alicyclic amines) is 1. The second-order valence-corrected chi connectivity index (χ2v) is 5.37. The molecule has 7 heteroatoms. The van der Waals surface area contributed by atoms with Crippen LogP contribution >= 0.6 is 11.3 Å². The molecule has 1 fully saturated rings. The van der Waals surface area contributed by atoms with E-state index in [1.807, 2.05) is 4.90 Å². The number of hydrogen-bond donors (Lipinski definition) is 2. The van der Waals surface area contributed by atoms with Crippen LogP contribution < -0.4 is 5.32 Å². The number of carboxylic acid groups (broad SMARTS) is 1. The average molecular weight is 283 g/mol. The molecule has 1 aromatic heterocycles. The van der Waals surface area contributed by atoms with Crippen molar-refractivity contribution in [3.05, 3.63) is 11.1 Å². The summed E-state index contributed by atoms with van der Waals surface area (Å²) in [6, 6.07) is 0. The molecule has 1 aliphatic heterocycles. The predicted octanol–water partition coefficient (Wildman–Crippen LogP) is 1.19. The highest BCUT2D eigenvalue weighted by Gasteiger charge is 2.16. The van der Waals surface area contributed by atoms with E-state index in [4.69, 9.17) is 5.11 Å². The monoisotopic (exact) mass is 283 g/mol. The molecule has 0 radical (unpaired) electrons. The first kappa shape index (κ1) is 13.8. The van der Waals surface area contributed by atoms with Gasteiger partial charge >= 0.3 is 5.97 Å². The highest BCUT2D eigenvalue weighted by atomic mass is 32.1. The van der Waals surface area contributed by atoms with Crippen LogP contribution in [0.1, 0.15) is 25.0 Å². The summed E-state index contributed by atoms with van der Waals surface area (Å²) in [5.41, 5.74) is 0.519. The Morgan fingerprint density at radius 1 is 1.37 bits per heavy atom. The number of carbonyl (C=O) groups is 2. The minimum absolute atomic E-state index is 0.0784. The molecule has 0 spiro atoms. The van der Waals surface area contributed by atoms with Gasteiger partial charge in [0, 0.05) is 18.5 Å². The molecule has 1 amide bonds. The smallest absolute Gasteiger partial charge is 0.309 e. The van der Waals surface area contributed by atoms with Crippen LogP contribution in [0, 0.1) is 0 Å². The zero-order chi connectivity index (χ0) is 13.7. The highest BCUT2D eigenvalue weighted by molar-refractivity contribution is 7.13. The molecule has 0 saturated carbocycles. The molecule has 2 N–H and O–H groups in total. The Hall–Kier alpha value is -1.63. The maximum Gasteiger partial charge on any atom is 0.309 e. The minimum atomic E-state index is -0.902. The summed E-state index contributed by atoms with van der Waals surface area (Å²) in [5, 5.41) is 13.9. The fraction of sp³-hybridized carbons (Fsp3) is 0.583. The van der Waals surface area contributed by atoms with Crippen molar-refractivity contribution >= 4 is 28.3 Å². The number of aromatic nitrogens is 1. The Labute approximate surface area is 115 Å². The quantitative estimate of drug-likeness (QED) is 0.848. The van der Waals surface area contributed by atoms with Gasteiger partial charge in [-0.3, -0.25) is 9.59 Å². The van der Waals surface area contributed by atoms with Crippen molar-refractivity contribution in [2.75, 3.05) is 25.0 Å². The third-order valence-electron chi connectivity index (χ3n) is 2.98. The third-order valence-corrected chi connectivity index (χ3v) is 3.83. The molecule has 19 heavy (non-hydrogen) atoms. The highest BCUT2D eigenvalue weighted by Crippen LogP contribution is 2.16. The van der Waals surface area contributed by atoms with E-state index in [1.165, 1.54) is 17.8 Å². The Balaban J connectivity index is 1.79. The SMILES string of the molecule is O=C(O)Cc1csc(NCC(=O)N2CCCCC2)n1. The molecule has 0 bridgehead atoms. The standard InChI is InChI=1S/C12H17N3O3S/c16-10(15-4-2-1-3-5-15)7-13-12-14-9(8-19-12)6-11(17)18/h8H,1-7H2,(H,13,14)(H,17,18). The van der Waals surface area contributed by atoms with Gasteiger partial charge in [-0.2, -0.15) is 0 Å². The van der Waals surface area contributed by atoms with Gasteiger partial charge in [0.1, 0.15) is 0 Å². The Morgan fingerprint density at radius 3 is 2.79 bits per heavy atom. The van der Waals surface area contributed by atoms with E-state index in [0.717, 1.165) is 25.9 Å². The third kappa shape index (κ3) is 4.20. The zero-order valence-electron chi connectivity index (χ0n) is 10.6. The van der Waals surface area contributed by atoms with E-state index in [2.05, 4.69) is 10.3 Å². The number of amides is 1. The van der Waals surface area contributed by atoms with Gasteiger partial charge in [-0.15, -0.1) is 11.3 Å². The molecule has 1 aromatic rings. The lowest BCUT2D eigenvalue weighted by Gasteiger charge is -2.26. The van der Waals surface area contributed by atoms with E-state index in [1.54, 1.807) is 5.38 Å². The van der Waals surface area contributed by atoms with Gasteiger partial charge in [0.15, 0.2) is 5.13 Å². The maximum atomic E-state index is 11.9. The van der Waals surface area contributed by atoms with E-state index < -0.39 is 5.97 Å². The summed E-state index contributed by atoms with van der Waals surface area (Å²) in [4.78, 5) is 28.4. The molecular weight excluding hydrogens is 266 g/mol. The summed E-state index contributed by atoms with van der Waals surface area (Å²) in [7, 11) is 0. The number of anilines is 1. The number of thiazole rings is 1. The zero-order valence-corrected chi connectivity index (χ0v) is 11.4. The number of carbonyl (C=O) groups excluding carboxylic acids is 1. The number of carboxylic acids is 1. The van der Waals surface area contributed by atoms with Crippen molar-refractivity contribution in [2.24, 2.45) is 0 Å². The normalized spacial score (nSPS) is 15.3. The van der Waals surface area contributed by atoms with Crippen molar-refractivity contribution < 1.29 is 14.7 Å².